The van der Waals surface area contributed by atoms with Crippen LogP contribution in [0.3, 0.4) is 0 Å². The van der Waals surface area contributed by atoms with E-state index in [1.54, 1.807) is 0 Å². The predicted molar refractivity (Wildman–Crippen MR) is 107 cm³/mol. The number of nitrogens with zero attached hydrogens (tertiary/aromatic N) is 4. The van der Waals surface area contributed by atoms with Gasteiger partial charge < -0.3 is 10.6 Å². The van der Waals surface area contributed by atoms with E-state index >= 15 is 0 Å². The summed E-state index contributed by atoms with van der Waals surface area (Å²) in [7, 11) is 0. The van der Waals surface area contributed by atoms with Crippen molar-refractivity contribution in [2.75, 3.05) is 10.6 Å². The molecule has 8 nitrogen and oxygen atoms in total. The monoisotopic (exact) mass is 384 g/mol. The van der Waals surface area contributed by atoms with Gasteiger partial charge in [0, 0.05) is 10.6 Å². The molecule has 0 aliphatic rings. The van der Waals surface area contributed by atoms with Gasteiger partial charge in [-0.25, -0.2) is 15.0 Å². The lowest BCUT2D eigenvalue weighted by molar-refractivity contribution is -0.383. The first-order chi connectivity index (χ1) is 12.8. The lowest BCUT2D eigenvalue weighted by atomic mass is 10.0. The highest BCUT2D eigenvalue weighted by Gasteiger charge is 2.24. The van der Waals surface area contributed by atoms with Gasteiger partial charge in [-0.1, -0.05) is 26.0 Å². The Kier molecular flexibility index (Phi) is 5.31. The summed E-state index contributed by atoms with van der Waals surface area (Å²) in [6.45, 7) is 8.05. The molecule has 0 saturated heterocycles. The van der Waals surface area contributed by atoms with Crippen LogP contribution in [-0.2, 0) is 0 Å². The summed E-state index contributed by atoms with van der Waals surface area (Å²) in [5.41, 5.74) is 2.56. The van der Waals surface area contributed by atoms with E-state index in [4.69, 9.17) is 0 Å². The van der Waals surface area contributed by atoms with Crippen molar-refractivity contribution in [1.82, 2.24) is 15.0 Å². The summed E-state index contributed by atoms with van der Waals surface area (Å²) >= 11 is 1.42. The molecule has 27 heavy (non-hydrogen) atoms. The van der Waals surface area contributed by atoms with Crippen molar-refractivity contribution in [3.05, 3.63) is 56.8 Å². The molecule has 0 amide bonds. The van der Waals surface area contributed by atoms with Gasteiger partial charge in [-0.15, -0.1) is 11.3 Å². The van der Waals surface area contributed by atoms with Crippen molar-refractivity contribution in [3.8, 4) is 0 Å². The zero-order valence-corrected chi connectivity index (χ0v) is 16.3. The molecule has 0 aliphatic heterocycles. The van der Waals surface area contributed by atoms with Gasteiger partial charge in [0.05, 0.1) is 10.6 Å². The van der Waals surface area contributed by atoms with Crippen molar-refractivity contribution in [2.45, 2.75) is 33.6 Å². The molecule has 2 N–H and O–H groups in total. The van der Waals surface area contributed by atoms with Crippen molar-refractivity contribution < 1.29 is 4.92 Å². The van der Waals surface area contributed by atoms with Crippen LogP contribution in [-0.4, -0.2) is 19.9 Å². The van der Waals surface area contributed by atoms with Crippen LogP contribution in [0.25, 0.3) is 0 Å². The van der Waals surface area contributed by atoms with E-state index in [1.807, 2.05) is 38.1 Å². The normalized spacial score (nSPS) is 10.9. The summed E-state index contributed by atoms with van der Waals surface area (Å²) in [5, 5.41) is 18.2. The summed E-state index contributed by atoms with van der Waals surface area (Å²) < 4.78 is 0. The van der Waals surface area contributed by atoms with Crippen LogP contribution in [0.2, 0.25) is 0 Å². The smallest absolute Gasteiger partial charge is 0.334 e. The molecule has 0 spiro atoms. The number of nitrogens with one attached hydrogen (secondary N) is 2. The van der Waals surface area contributed by atoms with Gasteiger partial charge in [0.15, 0.2) is 5.13 Å². The Labute approximate surface area is 160 Å². The minimum atomic E-state index is -0.500. The Morgan fingerprint density at radius 1 is 1.07 bits per heavy atom. The van der Waals surface area contributed by atoms with Gasteiger partial charge >= 0.3 is 5.69 Å². The molecule has 0 saturated carbocycles. The number of thiazole rings is 1. The Morgan fingerprint density at radius 2 is 1.70 bits per heavy atom. The van der Waals surface area contributed by atoms with E-state index in [9.17, 15) is 10.1 Å². The lowest BCUT2D eigenvalue weighted by Crippen LogP contribution is -2.05. The van der Waals surface area contributed by atoms with Crippen LogP contribution in [0.15, 0.2) is 30.6 Å². The molecule has 140 valence electrons. The second-order valence-electron chi connectivity index (χ2n) is 6.36. The highest BCUT2D eigenvalue weighted by atomic mass is 32.1. The third-order valence-corrected chi connectivity index (χ3v) is 5.09. The molecule has 1 aromatic carbocycles. The average Bonchev–Trinajstić information content (AvgIpc) is 2.92. The Hall–Kier alpha value is -3.07. The van der Waals surface area contributed by atoms with E-state index in [-0.39, 0.29) is 17.3 Å². The minimum absolute atomic E-state index is 0.102. The highest BCUT2D eigenvalue weighted by molar-refractivity contribution is 7.15. The van der Waals surface area contributed by atoms with Crippen molar-refractivity contribution in [1.29, 1.82) is 0 Å². The first-order valence-electron chi connectivity index (χ1n) is 8.42. The quantitative estimate of drug-likeness (QED) is 0.451. The predicted octanol–water partition coefficient (Wildman–Crippen LogP) is 5.07. The van der Waals surface area contributed by atoms with Crippen LogP contribution in [0.5, 0.6) is 0 Å². The molecule has 2 aromatic heterocycles. The van der Waals surface area contributed by atoms with Gasteiger partial charge in [0.2, 0.25) is 11.6 Å². The molecular weight excluding hydrogens is 364 g/mol. The van der Waals surface area contributed by atoms with Crippen molar-refractivity contribution in [2.24, 2.45) is 0 Å². The number of hydrogen-bond acceptors (Lipinski definition) is 8. The first-order valence-corrected chi connectivity index (χ1v) is 9.24. The van der Waals surface area contributed by atoms with Gasteiger partial charge in [-0.3, -0.25) is 10.1 Å². The molecule has 9 heteroatoms. The number of benzene rings is 1. The molecule has 0 radical (unpaired) electrons. The van der Waals surface area contributed by atoms with Crippen LogP contribution in [0.4, 0.5) is 28.1 Å². The van der Waals surface area contributed by atoms with Gasteiger partial charge in [0.25, 0.3) is 0 Å². The number of anilines is 4. The molecular formula is C18H20N6O2S. The fraction of sp³-hybridized carbons (Fsp3) is 0.278. The fourth-order valence-corrected chi connectivity index (χ4v) is 3.26. The number of aromatic nitrogens is 3. The Morgan fingerprint density at radius 3 is 2.22 bits per heavy atom. The highest BCUT2D eigenvalue weighted by Crippen LogP contribution is 2.34. The SMILES string of the molecule is Cc1nc(Nc2ncnc(Nc3ccc(C(C)C)cc3)c2[N+](=O)[O-])sc1C. The van der Waals surface area contributed by atoms with Gasteiger partial charge in [0.1, 0.15) is 6.33 Å². The van der Waals surface area contributed by atoms with E-state index in [0.717, 1.165) is 10.6 Å². The molecule has 0 atom stereocenters. The third kappa shape index (κ3) is 4.20. The molecule has 3 rings (SSSR count). The zero-order chi connectivity index (χ0) is 19.6. The van der Waals surface area contributed by atoms with Crippen LogP contribution >= 0.6 is 11.3 Å². The summed E-state index contributed by atoms with van der Waals surface area (Å²) in [6, 6.07) is 7.73. The van der Waals surface area contributed by atoms with E-state index in [1.165, 1.54) is 23.2 Å². The molecule has 0 bridgehead atoms. The number of nitro groups is 1. The summed E-state index contributed by atoms with van der Waals surface area (Å²) in [5.74, 6) is 0.637. The second-order valence-corrected chi connectivity index (χ2v) is 7.57. The minimum Gasteiger partial charge on any atom is -0.334 e. The maximum atomic E-state index is 11.7. The molecule has 0 unspecified atom stereocenters. The second kappa shape index (κ2) is 7.67. The first kappa shape index (κ1) is 18.7. The van der Waals surface area contributed by atoms with E-state index in [0.29, 0.717) is 16.7 Å². The molecule has 0 fully saturated rings. The molecule has 2 heterocycles. The van der Waals surface area contributed by atoms with Gasteiger partial charge in [-0.05, 0) is 37.5 Å². The average molecular weight is 384 g/mol. The maximum absolute atomic E-state index is 11.7. The Bertz CT molecular complexity index is 949. The van der Waals surface area contributed by atoms with E-state index in [2.05, 4.69) is 39.4 Å². The number of aryl methyl sites for hydroxylation is 2. The van der Waals surface area contributed by atoms with E-state index < -0.39 is 4.92 Å². The van der Waals surface area contributed by atoms with Gasteiger partial charge in [-0.2, -0.15) is 0 Å². The summed E-state index contributed by atoms with van der Waals surface area (Å²) in [4.78, 5) is 24.7. The lowest BCUT2D eigenvalue weighted by Gasteiger charge is -2.10. The largest absolute Gasteiger partial charge is 0.353 e. The maximum Gasteiger partial charge on any atom is 0.353 e. The standard InChI is InChI=1S/C18H20N6O2S/c1-10(2)13-5-7-14(8-6-13)22-16-15(24(25)26)17(20-9-19-16)23-18-21-11(3)12(4)27-18/h5-10H,1-4H3,(H2,19,20,21,22,23). The topological polar surface area (TPSA) is 106 Å². The Balaban J connectivity index is 1.92. The zero-order valence-electron chi connectivity index (χ0n) is 15.5. The fourth-order valence-electron chi connectivity index (χ4n) is 2.45. The van der Waals surface area contributed by atoms with Crippen LogP contribution < -0.4 is 10.6 Å². The summed E-state index contributed by atoms with van der Waals surface area (Å²) in [6.07, 6.45) is 1.29. The van der Waals surface area contributed by atoms with Crippen LogP contribution in [0, 0.1) is 24.0 Å². The molecule has 0 aliphatic carbocycles. The number of rotatable bonds is 6. The van der Waals surface area contributed by atoms with Crippen molar-refractivity contribution in [3.63, 3.8) is 0 Å². The van der Waals surface area contributed by atoms with Crippen molar-refractivity contribution >= 4 is 39.5 Å². The molecule has 3 aromatic rings. The third-order valence-electron chi connectivity index (χ3n) is 4.10. The number of hydrogen-bond donors (Lipinski definition) is 2. The van der Waals surface area contributed by atoms with Crippen LogP contribution in [0.1, 0.15) is 35.9 Å².